The van der Waals surface area contributed by atoms with E-state index in [-0.39, 0.29) is 18.1 Å². The summed E-state index contributed by atoms with van der Waals surface area (Å²) in [7, 11) is 0. The number of esters is 1. The maximum absolute atomic E-state index is 11.5. The summed E-state index contributed by atoms with van der Waals surface area (Å²) in [6.45, 7) is 12.2. The van der Waals surface area contributed by atoms with Crippen LogP contribution in [0.2, 0.25) is 0 Å². The third kappa shape index (κ3) is 12.1. The molecule has 0 aliphatic carbocycles. The van der Waals surface area contributed by atoms with E-state index in [4.69, 9.17) is 19.3 Å². The first-order valence-corrected chi connectivity index (χ1v) is 15.3. The van der Waals surface area contributed by atoms with Gasteiger partial charge in [0.1, 0.15) is 0 Å². The number of carboxylic acid groups (broad SMARTS) is 1. The van der Waals surface area contributed by atoms with Gasteiger partial charge in [-0.05, 0) is 63.9 Å². The van der Waals surface area contributed by atoms with E-state index in [2.05, 4.69) is 19.9 Å². The van der Waals surface area contributed by atoms with Gasteiger partial charge in [0, 0.05) is 30.9 Å². The molecular formula is C34H52O7. The molecule has 7 nitrogen and oxygen atoms in total. The van der Waals surface area contributed by atoms with Crippen molar-refractivity contribution in [2.45, 2.75) is 117 Å². The van der Waals surface area contributed by atoms with Crippen LogP contribution >= 0.6 is 0 Å². The lowest BCUT2D eigenvalue weighted by Gasteiger charge is -2.49. The SMILES string of the molecule is CCCCC1CCC2(CCC(C)C(CC=C(C)C=CC(O)C(C)C=CC(=O)OCC)O2)OC1C=CC(C)=CC(=O)O. The summed E-state index contributed by atoms with van der Waals surface area (Å²) < 4.78 is 18.4. The lowest BCUT2D eigenvalue weighted by molar-refractivity contribution is -0.324. The Morgan fingerprint density at radius 2 is 1.78 bits per heavy atom. The number of aliphatic hydroxyl groups is 1. The normalized spacial score (nSPS) is 29.4. The Morgan fingerprint density at radius 1 is 1.05 bits per heavy atom. The molecule has 2 heterocycles. The third-order valence-corrected chi connectivity index (χ3v) is 8.11. The third-order valence-electron chi connectivity index (χ3n) is 8.11. The van der Waals surface area contributed by atoms with Crippen molar-refractivity contribution in [1.82, 2.24) is 0 Å². The second-order valence-corrected chi connectivity index (χ2v) is 11.7. The summed E-state index contributed by atoms with van der Waals surface area (Å²) in [5.74, 6) is -1.41. The molecule has 7 atom stereocenters. The van der Waals surface area contributed by atoms with Crippen molar-refractivity contribution in [1.29, 1.82) is 0 Å². The van der Waals surface area contributed by atoms with Crippen LogP contribution in [0.5, 0.6) is 0 Å². The predicted molar refractivity (Wildman–Crippen MR) is 162 cm³/mol. The van der Waals surface area contributed by atoms with Gasteiger partial charge >= 0.3 is 11.9 Å². The van der Waals surface area contributed by atoms with E-state index < -0.39 is 23.8 Å². The Bertz CT molecular complexity index is 991. The summed E-state index contributed by atoms with van der Waals surface area (Å²) in [5, 5.41) is 19.5. The molecule has 41 heavy (non-hydrogen) atoms. The topological polar surface area (TPSA) is 102 Å². The van der Waals surface area contributed by atoms with Crippen molar-refractivity contribution >= 4 is 11.9 Å². The molecule has 230 valence electrons. The predicted octanol–water partition coefficient (Wildman–Crippen LogP) is 7.08. The molecule has 0 aromatic carbocycles. The van der Waals surface area contributed by atoms with Crippen molar-refractivity contribution < 1.29 is 34.0 Å². The van der Waals surface area contributed by atoms with E-state index in [9.17, 15) is 14.7 Å². The zero-order chi connectivity index (χ0) is 30.4. The molecular weight excluding hydrogens is 520 g/mol. The van der Waals surface area contributed by atoms with Crippen LogP contribution in [0.1, 0.15) is 92.9 Å². The number of aliphatic hydroxyl groups excluding tert-OH is 1. The number of aliphatic carboxylic acids is 1. The lowest BCUT2D eigenvalue weighted by Crippen LogP contribution is -2.52. The number of rotatable bonds is 14. The lowest BCUT2D eigenvalue weighted by atomic mass is 9.81. The van der Waals surface area contributed by atoms with Crippen LogP contribution < -0.4 is 0 Å². The molecule has 2 aliphatic heterocycles. The summed E-state index contributed by atoms with van der Waals surface area (Å²) in [4.78, 5) is 22.6. The molecule has 2 N–H and O–H groups in total. The minimum atomic E-state index is -0.948. The number of hydrogen-bond donors (Lipinski definition) is 2. The Labute approximate surface area is 247 Å². The van der Waals surface area contributed by atoms with Crippen molar-refractivity contribution in [3.05, 3.63) is 59.8 Å². The molecule has 0 aromatic heterocycles. The average molecular weight is 573 g/mol. The Balaban J connectivity index is 2.05. The monoisotopic (exact) mass is 572 g/mol. The zero-order valence-electron chi connectivity index (χ0n) is 25.9. The molecule has 0 amide bonds. The largest absolute Gasteiger partial charge is 0.478 e. The minimum Gasteiger partial charge on any atom is -0.478 e. The first-order valence-electron chi connectivity index (χ1n) is 15.3. The van der Waals surface area contributed by atoms with E-state index in [0.29, 0.717) is 24.0 Å². The van der Waals surface area contributed by atoms with Crippen LogP contribution in [0.15, 0.2) is 59.8 Å². The highest BCUT2D eigenvalue weighted by Crippen LogP contribution is 2.45. The van der Waals surface area contributed by atoms with Gasteiger partial charge in [-0.2, -0.15) is 0 Å². The molecule has 7 unspecified atom stereocenters. The van der Waals surface area contributed by atoms with Gasteiger partial charge in [-0.3, -0.25) is 0 Å². The van der Waals surface area contributed by atoms with Gasteiger partial charge in [-0.25, -0.2) is 9.59 Å². The molecule has 0 radical (unpaired) electrons. The Kier molecular flexibility index (Phi) is 14.8. The molecule has 0 bridgehead atoms. The van der Waals surface area contributed by atoms with Gasteiger partial charge < -0.3 is 24.4 Å². The zero-order valence-corrected chi connectivity index (χ0v) is 25.9. The first kappa shape index (κ1) is 34.7. The highest BCUT2D eigenvalue weighted by atomic mass is 16.7. The fourth-order valence-electron chi connectivity index (χ4n) is 5.40. The summed E-state index contributed by atoms with van der Waals surface area (Å²) in [6.07, 6.45) is 21.0. The van der Waals surface area contributed by atoms with Gasteiger partial charge in [-0.15, -0.1) is 0 Å². The second kappa shape index (κ2) is 17.5. The van der Waals surface area contributed by atoms with Crippen LogP contribution in [0.4, 0.5) is 0 Å². The van der Waals surface area contributed by atoms with Gasteiger partial charge in [0.15, 0.2) is 5.79 Å². The number of carboxylic acids is 1. The van der Waals surface area contributed by atoms with Crippen molar-refractivity contribution in [3.63, 3.8) is 0 Å². The van der Waals surface area contributed by atoms with Crippen LogP contribution in [-0.4, -0.2) is 52.9 Å². The highest BCUT2D eigenvalue weighted by molar-refractivity contribution is 5.82. The van der Waals surface area contributed by atoms with Crippen LogP contribution in [0.3, 0.4) is 0 Å². The maximum Gasteiger partial charge on any atom is 0.330 e. The fraction of sp³-hybridized carbons (Fsp3) is 0.647. The summed E-state index contributed by atoms with van der Waals surface area (Å²) in [6, 6.07) is 0. The summed E-state index contributed by atoms with van der Waals surface area (Å²) >= 11 is 0. The van der Waals surface area contributed by atoms with Gasteiger partial charge in [0.2, 0.25) is 0 Å². The van der Waals surface area contributed by atoms with Crippen molar-refractivity contribution in [2.75, 3.05) is 6.61 Å². The number of ether oxygens (including phenoxy) is 3. The van der Waals surface area contributed by atoms with E-state index in [1.54, 1.807) is 26.0 Å². The number of hydrogen-bond acceptors (Lipinski definition) is 6. The Morgan fingerprint density at radius 3 is 2.46 bits per heavy atom. The molecule has 2 rings (SSSR count). The number of allylic oxidation sites excluding steroid dienone is 4. The van der Waals surface area contributed by atoms with E-state index in [1.165, 1.54) is 12.2 Å². The van der Waals surface area contributed by atoms with E-state index in [0.717, 1.165) is 56.9 Å². The van der Waals surface area contributed by atoms with Crippen molar-refractivity contribution in [2.24, 2.45) is 17.8 Å². The summed E-state index contributed by atoms with van der Waals surface area (Å²) in [5.41, 5.74) is 1.72. The average Bonchev–Trinajstić information content (AvgIpc) is 2.93. The second-order valence-electron chi connectivity index (χ2n) is 11.7. The first-order chi connectivity index (χ1) is 19.5. The van der Waals surface area contributed by atoms with Crippen LogP contribution in [0.25, 0.3) is 0 Å². The van der Waals surface area contributed by atoms with Crippen LogP contribution in [0, 0.1) is 17.8 Å². The molecule has 0 aromatic rings. The van der Waals surface area contributed by atoms with E-state index >= 15 is 0 Å². The molecule has 1 spiro atoms. The van der Waals surface area contributed by atoms with Gasteiger partial charge in [-0.1, -0.05) is 75.6 Å². The van der Waals surface area contributed by atoms with Crippen molar-refractivity contribution in [3.8, 4) is 0 Å². The molecule has 2 fully saturated rings. The number of unbranched alkanes of at least 4 members (excludes halogenated alkanes) is 1. The number of carbonyl (C=O) groups is 2. The molecule has 0 saturated carbocycles. The van der Waals surface area contributed by atoms with Gasteiger partial charge in [0.25, 0.3) is 0 Å². The smallest absolute Gasteiger partial charge is 0.330 e. The minimum absolute atomic E-state index is 0.0222. The maximum atomic E-state index is 11.5. The Hall–Kier alpha value is -2.48. The molecule has 2 aliphatic rings. The van der Waals surface area contributed by atoms with E-state index in [1.807, 2.05) is 32.1 Å². The number of carbonyl (C=O) groups excluding carboxylic acids is 1. The highest BCUT2D eigenvalue weighted by Gasteiger charge is 2.46. The fourth-order valence-corrected chi connectivity index (χ4v) is 5.40. The standard InChI is InChI=1S/C34H52O7/c1-7-9-10-28-20-22-34(41-31(28)17-13-25(4)23-32(36)37)21-19-27(6)30(40-34)16-12-24(3)11-15-29(35)26(5)14-18-33(38)39-8-2/h11-15,17-18,23,26-31,35H,7-10,16,19-22H2,1-6H3,(H,36,37). The quantitative estimate of drug-likeness (QED) is 0.130. The van der Waals surface area contributed by atoms with Crippen LogP contribution in [-0.2, 0) is 23.8 Å². The molecule has 2 saturated heterocycles. The molecule has 7 heteroatoms. The van der Waals surface area contributed by atoms with Gasteiger partial charge in [0.05, 0.1) is 24.9 Å².